The Balaban J connectivity index is 1.83. The van der Waals surface area contributed by atoms with Crippen LogP contribution in [0.25, 0.3) is 11.0 Å². The summed E-state index contributed by atoms with van der Waals surface area (Å²) in [7, 11) is 0. The number of rotatable bonds is 3. The van der Waals surface area contributed by atoms with Crippen molar-refractivity contribution in [2.24, 2.45) is 0 Å². The van der Waals surface area contributed by atoms with Crippen LogP contribution < -0.4 is 4.90 Å². The van der Waals surface area contributed by atoms with Crippen LogP contribution in [0.4, 0.5) is 5.82 Å². The van der Waals surface area contributed by atoms with Crippen LogP contribution in [0.5, 0.6) is 0 Å². The van der Waals surface area contributed by atoms with Gasteiger partial charge in [0.15, 0.2) is 0 Å². The van der Waals surface area contributed by atoms with Crippen LogP contribution in [-0.2, 0) is 0 Å². The molecule has 4 rings (SSSR count). The topological polar surface area (TPSA) is 46.8 Å². The van der Waals surface area contributed by atoms with Crippen molar-refractivity contribution >= 4 is 28.5 Å². The minimum absolute atomic E-state index is 0.208. The van der Waals surface area contributed by atoms with E-state index in [0.717, 1.165) is 36.5 Å². The van der Waals surface area contributed by atoms with Crippen LogP contribution in [0.1, 0.15) is 50.4 Å². The number of nitrogens with zero attached hydrogens (tertiary/aromatic N) is 5. The maximum Gasteiger partial charge on any atom is 0.134 e. The van der Waals surface area contributed by atoms with Crippen LogP contribution in [0, 0.1) is 6.92 Å². The molecule has 1 aromatic carbocycles. The molecule has 1 aliphatic heterocycles. The number of benzene rings is 1. The molecule has 0 amide bonds. The summed E-state index contributed by atoms with van der Waals surface area (Å²) in [5.41, 5.74) is 2.24. The number of aryl methyl sites for hydroxylation is 1. The lowest BCUT2D eigenvalue weighted by molar-refractivity contribution is 0.539. The first-order chi connectivity index (χ1) is 12.0. The van der Waals surface area contributed by atoms with Gasteiger partial charge in [0.05, 0.1) is 17.1 Å². The van der Waals surface area contributed by atoms with Gasteiger partial charge in [-0.15, -0.1) is 0 Å². The largest absolute Gasteiger partial charge is 0.346 e. The van der Waals surface area contributed by atoms with E-state index in [1.165, 1.54) is 5.52 Å². The summed E-state index contributed by atoms with van der Waals surface area (Å²) in [6.45, 7) is 7.26. The molecule has 130 valence electrons. The first-order valence-corrected chi connectivity index (χ1v) is 9.17. The smallest absolute Gasteiger partial charge is 0.134 e. The van der Waals surface area contributed by atoms with Crippen molar-refractivity contribution in [1.82, 2.24) is 19.5 Å². The highest BCUT2D eigenvalue weighted by atomic mass is 35.5. The van der Waals surface area contributed by atoms with E-state index < -0.39 is 0 Å². The summed E-state index contributed by atoms with van der Waals surface area (Å²) in [5, 5.41) is 0.491. The van der Waals surface area contributed by atoms with E-state index >= 15 is 0 Å². The van der Waals surface area contributed by atoms with Gasteiger partial charge in [-0.2, -0.15) is 0 Å². The number of para-hydroxylation sites is 2. The third kappa shape index (κ3) is 2.86. The van der Waals surface area contributed by atoms with Gasteiger partial charge in [-0.3, -0.25) is 0 Å². The van der Waals surface area contributed by atoms with Gasteiger partial charge in [-0.25, -0.2) is 15.0 Å². The quantitative estimate of drug-likeness (QED) is 0.638. The summed E-state index contributed by atoms with van der Waals surface area (Å²) in [5.74, 6) is 2.70. The second-order valence-electron chi connectivity index (χ2n) is 6.87. The third-order valence-corrected chi connectivity index (χ3v) is 4.97. The van der Waals surface area contributed by atoms with Crippen molar-refractivity contribution in [3.63, 3.8) is 0 Å². The molecule has 1 fully saturated rings. The van der Waals surface area contributed by atoms with Crippen molar-refractivity contribution in [2.75, 3.05) is 11.4 Å². The molecule has 0 unspecified atom stereocenters. The lowest BCUT2D eigenvalue weighted by Crippen LogP contribution is -2.27. The Labute approximate surface area is 152 Å². The molecule has 3 heterocycles. The lowest BCUT2D eigenvalue weighted by Gasteiger charge is -2.27. The van der Waals surface area contributed by atoms with E-state index in [-0.39, 0.29) is 6.04 Å². The maximum absolute atomic E-state index is 6.17. The zero-order chi connectivity index (χ0) is 17.6. The van der Waals surface area contributed by atoms with Crippen molar-refractivity contribution in [3.05, 3.63) is 47.1 Å². The highest BCUT2D eigenvalue weighted by Crippen LogP contribution is 2.37. The highest BCUT2D eigenvalue weighted by molar-refractivity contribution is 6.29. The number of imidazole rings is 1. The Kier molecular flexibility index (Phi) is 4.12. The van der Waals surface area contributed by atoms with Gasteiger partial charge < -0.3 is 9.47 Å². The summed E-state index contributed by atoms with van der Waals surface area (Å²) in [4.78, 5) is 16.1. The molecule has 1 atom stereocenters. The van der Waals surface area contributed by atoms with Gasteiger partial charge >= 0.3 is 0 Å². The molecule has 1 saturated heterocycles. The van der Waals surface area contributed by atoms with E-state index in [9.17, 15) is 0 Å². The normalized spacial score (nSPS) is 17.8. The molecule has 6 heteroatoms. The molecule has 2 aromatic heterocycles. The predicted molar refractivity (Wildman–Crippen MR) is 101 cm³/mol. The maximum atomic E-state index is 6.17. The summed E-state index contributed by atoms with van der Waals surface area (Å²) in [6.07, 6.45) is 2.18. The summed E-state index contributed by atoms with van der Waals surface area (Å²) < 4.78 is 2.36. The van der Waals surface area contributed by atoms with Gasteiger partial charge in [-0.05, 0) is 45.7 Å². The fourth-order valence-corrected chi connectivity index (χ4v) is 4.03. The predicted octanol–water partition coefficient (Wildman–Crippen LogP) is 4.71. The fraction of sp³-hybridized carbons (Fsp3) is 0.421. The fourth-order valence-electron chi connectivity index (χ4n) is 3.81. The third-order valence-electron chi connectivity index (χ3n) is 4.78. The standard InChI is InChI=1S/C19H22ClN5/c1-12(2)25-15-8-5-4-7-14(15)23-19(25)16-9-6-10-24(16)18-11-17(20)21-13(3)22-18/h4-5,7-8,11-12,16H,6,9-10H2,1-3H3/t16-/m1/s1. The molecule has 0 N–H and O–H groups in total. The van der Waals surface area contributed by atoms with Crippen LogP contribution in [0.15, 0.2) is 30.3 Å². The average Bonchev–Trinajstić information content (AvgIpc) is 3.18. The molecule has 1 aliphatic rings. The first kappa shape index (κ1) is 16.3. The zero-order valence-electron chi connectivity index (χ0n) is 14.8. The van der Waals surface area contributed by atoms with E-state index in [1.54, 1.807) is 0 Å². The first-order valence-electron chi connectivity index (χ1n) is 8.79. The van der Waals surface area contributed by atoms with E-state index in [1.807, 2.05) is 19.1 Å². The number of fused-ring (bicyclic) bond motifs is 1. The number of anilines is 1. The molecule has 25 heavy (non-hydrogen) atoms. The second kappa shape index (κ2) is 6.30. The second-order valence-corrected chi connectivity index (χ2v) is 7.26. The van der Waals surface area contributed by atoms with Crippen LogP contribution in [0.3, 0.4) is 0 Å². The molecule has 0 radical (unpaired) electrons. The van der Waals surface area contributed by atoms with E-state index in [0.29, 0.717) is 17.0 Å². The zero-order valence-corrected chi connectivity index (χ0v) is 15.5. The molecular formula is C19H22ClN5. The van der Waals surface area contributed by atoms with Gasteiger partial charge in [0.25, 0.3) is 0 Å². The molecule has 5 nitrogen and oxygen atoms in total. The number of hydrogen-bond acceptors (Lipinski definition) is 4. The molecule has 0 bridgehead atoms. The van der Waals surface area contributed by atoms with Gasteiger partial charge in [0.1, 0.15) is 22.6 Å². The minimum Gasteiger partial charge on any atom is -0.346 e. The number of aromatic nitrogens is 4. The monoisotopic (exact) mass is 355 g/mol. The van der Waals surface area contributed by atoms with Gasteiger partial charge in [0.2, 0.25) is 0 Å². The molecule has 0 aliphatic carbocycles. The Morgan fingerprint density at radius 2 is 1.96 bits per heavy atom. The Hall–Kier alpha value is -2.14. The lowest BCUT2D eigenvalue weighted by atomic mass is 10.2. The van der Waals surface area contributed by atoms with Crippen molar-refractivity contribution in [2.45, 2.75) is 45.7 Å². The summed E-state index contributed by atoms with van der Waals surface area (Å²) in [6, 6.07) is 10.8. The Morgan fingerprint density at radius 3 is 2.72 bits per heavy atom. The van der Waals surface area contributed by atoms with Crippen molar-refractivity contribution in [3.8, 4) is 0 Å². The Morgan fingerprint density at radius 1 is 1.16 bits per heavy atom. The average molecular weight is 356 g/mol. The molecular weight excluding hydrogens is 334 g/mol. The molecule has 3 aromatic rings. The van der Waals surface area contributed by atoms with Crippen LogP contribution in [-0.4, -0.2) is 26.1 Å². The highest BCUT2D eigenvalue weighted by Gasteiger charge is 2.32. The minimum atomic E-state index is 0.208. The SMILES string of the molecule is Cc1nc(Cl)cc(N2CCC[C@@H]2c2nc3ccccc3n2C(C)C)n1. The van der Waals surface area contributed by atoms with Crippen molar-refractivity contribution < 1.29 is 0 Å². The summed E-state index contributed by atoms with van der Waals surface area (Å²) >= 11 is 6.17. The Bertz CT molecular complexity index is 897. The molecule has 0 saturated carbocycles. The van der Waals surface area contributed by atoms with Crippen LogP contribution in [0.2, 0.25) is 5.15 Å². The van der Waals surface area contributed by atoms with Crippen molar-refractivity contribution in [1.29, 1.82) is 0 Å². The number of hydrogen-bond donors (Lipinski definition) is 0. The van der Waals surface area contributed by atoms with E-state index in [2.05, 4.69) is 51.5 Å². The molecule has 0 spiro atoms. The van der Waals surface area contributed by atoms with E-state index in [4.69, 9.17) is 16.6 Å². The van der Waals surface area contributed by atoms with Crippen LogP contribution >= 0.6 is 11.6 Å². The van der Waals surface area contributed by atoms with Gasteiger partial charge in [-0.1, -0.05) is 23.7 Å². The number of halogens is 1. The van der Waals surface area contributed by atoms with Gasteiger partial charge in [0, 0.05) is 18.7 Å².